The Balaban J connectivity index is 1.43. The molecule has 4 aromatic rings. The zero-order valence-electron chi connectivity index (χ0n) is 16.5. The highest BCUT2D eigenvalue weighted by Gasteiger charge is 2.17. The van der Waals surface area contributed by atoms with Gasteiger partial charge in [0.05, 0.1) is 5.69 Å². The number of benzene rings is 1. The van der Waals surface area contributed by atoms with Crippen molar-refractivity contribution in [2.24, 2.45) is 5.92 Å². The van der Waals surface area contributed by atoms with Crippen LogP contribution in [0.5, 0.6) is 0 Å². The number of aromatic amines is 1. The van der Waals surface area contributed by atoms with Crippen molar-refractivity contribution in [3.63, 3.8) is 0 Å². The molecule has 148 valence electrons. The van der Waals surface area contributed by atoms with Crippen LogP contribution in [-0.4, -0.2) is 34.6 Å². The van der Waals surface area contributed by atoms with Gasteiger partial charge >= 0.3 is 0 Å². The number of pyridine rings is 1. The number of aryl methyl sites for hydroxylation is 1. The lowest BCUT2D eigenvalue weighted by Crippen LogP contribution is -2.31. The van der Waals surface area contributed by atoms with Crippen LogP contribution in [0.2, 0.25) is 0 Å². The van der Waals surface area contributed by atoms with Gasteiger partial charge in [-0.05, 0) is 50.4 Å². The van der Waals surface area contributed by atoms with E-state index in [1.807, 2.05) is 18.5 Å². The van der Waals surface area contributed by atoms with E-state index in [1.54, 1.807) is 11.3 Å². The van der Waals surface area contributed by atoms with Crippen LogP contribution in [-0.2, 0) is 0 Å². The zero-order chi connectivity index (χ0) is 19.6. The van der Waals surface area contributed by atoms with Crippen LogP contribution in [0.1, 0.15) is 17.7 Å². The Morgan fingerprint density at radius 1 is 1.14 bits per heavy atom. The standard InChI is InChI=1S/C23H25N5S/c1-15-21(28-23(29-15)27-12-16-7-9-24-10-8-16)20-14-26-22-19(20)11-18(13-25-22)17-5-3-2-4-6-17/h2-6,11,13-14,16,24H,7-10,12H2,1H3,(H,25,26)(H,27,28). The van der Waals surface area contributed by atoms with Gasteiger partial charge in [0.1, 0.15) is 5.65 Å². The molecule has 6 heteroatoms. The first-order valence-corrected chi connectivity index (χ1v) is 11.0. The van der Waals surface area contributed by atoms with Crippen molar-refractivity contribution in [2.45, 2.75) is 19.8 Å². The second-order valence-electron chi connectivity index (χ2n) is 7.69. The van der Waals surface area contributed by atoms with E-state index in [0.717, 1.165) is 58.5 Å². The van der Waals surface area contributed by atoms with E-state index >= 15 is 0 Å². The van der Waals surface area contributed by atoms with Gasteiger partial charge in [-0.2, -0.15) is 0 Å². The molecule has 1 fully saturated rings. The average molecular weight is 404 g/mol. The summed E-state index contributed by atoms with van der Waals surface area (Å²) in [5.41, 5.74) is 5.36. The molecule has 0 aliphatic carbocycles. The van der Waals surface area contributed by atoms with Crippen LogP contribution in [0.3, 0.4) is 0 Å². The van der Waals surface area contributed by atoms with Crippen molar-refractivity contribution in [2.75, 3.05) is 25.0 Å². The SMILES string of the molecule is Cc1sc(NCC2CCNCC2)nc1-c1c[nH]c2ncc(-c3ccccc3)cc12. The highest BCUT2D eigenvalue weighted by molar-refractivity contribution is 7.16. The third-order valence-electron chi connectivity index (χ3n) is 5.69. The van der Waals surface area contributed by atoms with Crippen LogP contribution < -0.4 is 10.6 Å². The summed E-state index contributed by atoms with van der Waals surface area (Å²) in [6.07, 6.45) is 6.43. The third-order valence-corrected chi connectivity index (χ3v) is 6.62. The van der Waals surface area contributed by atoms with Gasteiger partial charge in [0, 0.05) is 40.3 Å². The van der Waals surface area contributed by atoms with Crippen molar-refractivity contribution >= 4 is 27.5 Å². The van der Waals surface area contributed by atoms with Gasteiger partial charge in [-0.1, -0.05) is 30.3 Å². The molecule has 3 aromatic heterocycles. The quantitative estimate of drug-likeness (QED) is 0.435. The fourth-order valence-corrected chi connectivity index (χ4v) is 4.86. The molecule has 0 unspecified atom stereocenters. The first kappa shape index (κ1) is 18.3. The fourth-order valence-electron chi connectivity index (χ4n) is 4.03. The Hall–Kier alpha value is -2.70. The summed E-state index contributed by atoms with van der Waals surface area (Å²) in [5, 5.41) is 9.13. The summed E-state index contributed by atoms with van der Waals surface area (Å²) in [6.45, 7) is 5.40. The largest absolute Gasteiger partial charge is 0.361 e. The Morgan fingerprint density at radius 3 is 2.79 bits per heavy atom. The summed E-state index contributed by atoms with van der Waals surface area (Å²) in [4.78, 5) is 14.1. The van der Waals surface area contributed by atoms with Gasteiger partial charge in [0.15, 0.2) is 5.13 Å². The van der Waals surface area contributed by atoms with Crippen molar-refractivity contribution in [3.8, 4) is 22.4 Å². The van der Waals surface area contributed by atoms with Crippen LogP contribution in [0.15, 0.2) is 48.8 Å². The fraction of sp³-hybridized carbons (Fsp3) is 0.304. The Labute approximate surface area is 174 Å². The molecule has 5 nitrogen and oxygen atoms in total. The monoisotopic (exact) mass is 403 g/mol. The number of thiazole rings is 1. The van der Waals surface area contributed by atoms with Crippen LogP contribution in [0.25, 0.3) is 33.4 Å². The number of hydrogen-bond donors (Lipinski definition) is 3. The summed E-state index contributed by atoms with van der Waals surface area (Å²) in [7, 11) is 0. The van der Waals surface area contributed by atoms with E-state index in [2.05, 4.69) is 57.9 Å². The molecular formula is C23H25N5S. The Morgan fingerprint density at radius 2 is 1.97 bits per heavy atom. The number of anilines is 1. The molecule has 4 heterocycles. The molecule has 0 atom stereocenters. The lowest BCUT2D eigenvalue weighted by atomic mass is 9.98. The van der Waals surface area contributed by atoms with Gasteiger partial charge in [-0.15, -0.1) is 11.3 Å². The van der Waals surface area contributed by atoms with Crippen LogP contribution >= 0.6 is 11.3 Å². The second kappa shape index (κ2) is 7.97. The minimum atomic E-state index is 0.731. The predicted octanol–water partition coefficient (Wildman–Crippen LogP) is 5.07. The smallest absolute Gasteiger partial charge is 0.183 e. The highest BCUT2D eigenvalue weighted by Crippen LogP contribution is 2.36. The molecule has 0 radical (unpaired) electrons. The maximum absolute atomic E-state index is 4.93. The number of nitrogens with zero attached hydrogens (tertiary/aromatic N) is 2. The van der Waals surface area contributed by atoms with E-state index < -0.39 is 0 Å². The molecule has 1 saturated heterocycles. The normalized spacial score (nSPS) is 15.1. The Bertz CT molecular complexity index is 1110. The molecule has 0 amide bonds. The zero-order valence-corrected chi connectivity index (χ0v) is 17.4. The van der Waals surface area contributed by atoms with E-state index in [-0.39, 0.29) is 0 Å². The molecular weight excluding hydrogens is 378 g/mol. The maximum atomic E-state index is 4.93. The molecule has 1 aliphatic rings. The number of hydrogen-bond acceptors (Lipinski definition) is 5. The topological polar surface area (TPSA) is 65.6 Å². The van der Waals surface area contributed by atoms with Crippen molar-refractivity contribution < 1.29 is 0 Å². The number of nitrogens with one attached hydrogen (secondary N) is 3. The number of aromatic nitrogens is 3. The number of piperidine rings is 1. The van der Waals surface area contributed by atoms with E-state index in [0.29, 0.717) is 0 Å². The van der Waals surface area contributed by atoms with Crippen LogP contribution in [0, 0.1) is 12.8 Å². The summed E-state index contributed by atoms with van der Waals surface area (Å²) in [5.74, 6) is 0.731. The maximum Gasteiger partial charge on any atom is 0.183 e. The molecule has 29 heavy (non-hydrogen) atoms. The highest BCUT2D eigenvalue weighted by atomic mass is 32.1. The Kier molecular flexibility index (Phi) is 5.04. The van der Waals surface area contributed by atoms with Crippen molar-refractivity contribution in [1.29, 1.82) is 0 Å². The van der Waals surface area contributed by atoms with Gasteiger partial charge in [-0.25, -0.2) is 9.97 Å². The van der Waals surface area contributed by atoms with E-state index in [1.165, 1.54) is 23.3 Å². The van der Waals surface area contributed by atoms with E-state index in [4.69, 9.17) is 4.98 Å². The van der Waals surface area contributed by atoms with Gasteiger partial charge < -0.3 is 15.6 Å². The number of H-pyrrole nitrogens is 1. The predicted molar refractivity (Wildman–Crippen MR) is 121 cm³/mol. The first-order chi connectivity index (χ1) is 14.3. The summed E-state index contributed by atoms with van der Waals surface area (Å²) in [6, 6.07) is 12.6. The second-order valence-corrected chi connectivity index (χ2v) is 8.89. The molecule has 3 N–H and O–H groups in total. The minimum absolute atomic E-state index is 0.731. The molecule has 0 saturated carbocycles. The van der Waals surface area contributed by atoms with E-state index in [9.17, 15) is 0 Å². The van der Waals surface area contributed by atoms with Crippen molar-refractivity contribution in [1.82, 2.24) is 20.3 Å². The van der Waals surface area contributed by atoms with Crippen LogP contribution in [0.4, 0.5) is 5.13 Å². The van der Waals surface area contributed by atoms with Crippen molar-refractivity contribution in [3.05, 3.63) is 53.7 Å². The number of fused-ring (bicyclic) bond motifs is 1. The third kappa shape index (κ3) is 3.78. The summed E-state index contributed by atoms with van der Waals surface area (Å²) >= 11 is 1.74. The molecule has 5 rings (SSSR count). The summed E-state index contributed by atoms with van der Waals surface area (Å²) < 4.78 is 0. The van der Waals surface area contributed by atoms with Gasteiger partial charge in [0.25, 0.3) is 0 Å². The molecule has 1 aliphatic heterocycles. The number of rotatable bonds is 5. The molecule has 0 spiro atoms. The van der Waals surface area contributed by atoms with Gasteiger partial charge in [-0.3, -0.25) is 0 Å². The lowest BCUT2D eigenvalue weighted by molar-refractivity contribution is 0.390. The first-order valence-electron chi connectivity index (χ1n) is 10.2. The average Bonchev–Trinajstić information content (AvgIpc) is 3.36. The lowest BCUT2D eigenvalue weighted by Gasteiger charge is -2.22. The van der Waals surface area contributed by atoms with Gasteiger partial charge in [0.2, 0.25) is 0 Å². The minimum Gasteiger partial charge on any atom is -0.361 e. The molecule has 0 bridgehead atoms. The molecule has 1 aromatic carbocycles.